The Balaban J connectivity index is 1.76. The number of nitrogens with zero attached hydrogens (tertiary/aromatic N) is 1. The van der Waals surface area contributed by atoms with E-state index in [-0.39, 0.29) is 12.5 Å². The summed E-state index contributed by atoms with van der Waals surface area (Å²) < 4.78 is 0. The average molecular weight is 283 g/mol. The highest BCUT2D eigenvalue weighted by Crippen LogP contribution is 2.16. The molecule has 110 valence electrons. The van der Waals surface area contributed by atoms with Crippen molar-refractivity contribution in [1.29, 1.82) is 0 Å². The fourth-order valence-corrected chi connectivity index (χ4v) is 1.96. The Hall–Kier alpha value is -2.20. The quantitative estimate of drug-likeness (QED) is 0.857. The first-order chi connectivity index (χ1) is 10.1. The van der Waals surface area contributed by atoms with Gasteiger partial charge in [-0.3, -0.25) is 9.78 Å². The summed E-state index contributed by atoms with van der Waals surface area (Å²) in [5, 5.41) is 5.95. The number of anilines is 1. The number of amides is 1. The van der Waals surface area contributed by atoms with E-state index < -0.39 is 0 Å². The second kappa shape index (κ2) is 7.55. The van der Waals surface area contributed by atoms with Crippen LogP contribution in [0.25, 0.3) is 0 Å². The molecule has 0 bridgehead atoms. The van der Waals surface area contributed by atoms with E-state index in [1.165, 1.54) is 5.56 Å². The third-order valence-electron chi connectivity index (χ3n) is 3.18. The highest BCUT2D eigenvalue weighted by Gasteiger charge is 2.03. The largest absolute Gasteiger partial charge is 0.325 e. The van der Waals surface area contributed by atoms with Crippen LogP contribution >= 0.6 is 0 Å². The summed E-state index contributed by atoms with van der Waals surface area (Å²) in [5.74, 6) is 0.443. The van der Waals surface area contributed by atoms with Crippen molar-refractivity contribution in [3.63, 3.8) is 0 Å². The summed E-state index contributed by atoms with van der Waals surface area (Å²) in [7, 11) is 0. The summed E-state index contributed by atoms with van der Waals surface area (Å²) in [5.41, 5.74) is 3.01. The van der Waals surface area contributed by atoms with Gasteiger partial charge < -0.3 is 10.6 Å². The first-order valence-corrected chi connectivity index (χ1v) is 7.15. The van der Waals surface area contributed by atoms with Crippen molar-refractivity contribution in [1.82, 2.24) is 10.3 Å². The number of benzene rings is 1. The van der Waals surface area contributed by atoms with Crippen LogP contribution in [-0.4, -0.2) is 17.4 Å². The first-order valence-electron chi connectivity index (χ1n) is 7.15. The van der Waals surface area contributed by atoms with Crippen LogP contribution in [0.2, 0.25) is 0 Å². The van der Waals surface area contributed by atoms with Gasteiger partial charge in [-0.05, 0) is 35.7 Å². The molecule has 0 saturated carbocycles. The van der Waals surface area contributed by atoms with E-state index in [0.29, 0.717) is 12.5 Å². The predicted molar refractivity (Wildman–Crippen MR) is 85.1 cm³/mol. The topological polar surface area (TPSA) is 54.0 Å². The maximum Gasteiger partial charge on any atom is 0.238 e. The van der Waals surface area contributed by atoms with Gasteiger partial charge in [0.1, 0.15) is 0 Å². The van der Waals surface area contributed by atoms with Gasteiger partial charge in [-0.1, -0.05) is 32.0 Å². The molecule has 2 N–H and O–H groups in total. The molecule has 0 aliphatic rings. The standard InChI is InChI=1S/C17H21N3O/c1-13(2)14-6-8-15(9-7-14)20-17(21)12-18-11-16-5-3-4-10-19-16/h3-10,13,18H,11-12H2,1-2H3,(H,20,21). The number of nitrogens with one attached hydrogen (secondary N) is 2. The Bertz CT molecular complexity index is 564. The molecule has 0 spiro atoms. The molecule has 1 amide bonds. The molecule has 21 heavy (non-hydrogen) atoms. The maximum absolute atomic E-state index is 11.8. The second-order valence-electron chi connectivity index (χ2n) is 5.25. The van der Waals surface area contributed by atoms with Crippen molar-refractivity contribution in [3.05, 3.63) is 59.9 Å². The fourth-order valence-electron chi connectivity index (χ4n) is 1.96. The number of carbonyl (C=O) groups excluding carboxylic acids is 1. The molecule has 0 radical (unpaired) electrons. The number of rotatable bonds is 6. The zero-order chi connectivity index (χ0) is 15.1. The zero-order valence-corrected chi connectivity index (χ0v) is 12.5. The average Bonchev–Trinajstić information content (AvgIpc) is 2.49. The molecule has 0 aliphatic heterocycles. The smallest absolute Gasteiger partial charge is 0.238 e. The van der Waals surface area contributed by atoms with Crippen molar-refractivity contribution in [2.24, 2.45) is 0 Å². The van der Waals surface area contributed by atoms with Gasteiger partial charge in [0.15, 0.2) is 0 Å². The first kappa shape index (κ1) is 15.2. The normalized spacial score (nSPS) is 10.6. The van der Waals surface area contributed by atoms with Crippen LogP contribution in [0.1, 0.15) is 31.0 Å². The summed E-state index contributed by atoms with van der Waals surface area (Å²) in [6.45, 7) is 5.15. The lowest BCUT2D eigenvalue weighted by Crippen LogP contribution is -2.27. The van der Waals surface area contributed by atoms with Crippen LogP contribution in [0.5, 0.6) is 0 Å². The van der Waals surface area contributed by atoms with E-state index >= 15 is 0 Å². The van der Waals surface area contributed by atoms with Crippen LogP contribution in [0.15, 0.2) is 48.7 Å². The van der Waals surface area contributed by atoms with Crippen molar-refractivity contribution < 1.29 is 4.79 Å². The molecule has 1 heterocycles. The maximum atomic E-state index is 11.8. The van der Waals surface area contributed by atoms with E-state index in [1.807, 2.05) is 42.5 Å². The lowest BCUT2D eigenvalue weighted by atomic mass is 10.0. The number of pyridine rings is 1. The summed E-state index contributed by atoms with van der Waals surface area (Å²) >= 11 is 0. The Morgan fingerprint density at radius 3 is 2.52 bits per heavy atom. The number of aromatic nitrogens is 1. The number of hydrogen-bond acceptors (Lipinski definition) is 3. The fraction of sp³-hybridized carbons (Fsp3) is 0.294. The van der Waals surface area contributed by atoms with Crippen LogP contribution in [0.4, 0.5) is 5.69 Å². The number of hydrogen-bond donors (Lipinski definition) is 2. The molecule has 0 saturated heterocycles. The molecule has 0 atom stereocenters. The molecule has 2 rings (SSSR count). The second-order valence-corrected chi connectivity index (χ2v) is 5.25. The van der Waals surface area contributed by atoms with Gasteiger partial charge in [0.25, 0.3) is 0 Å². The minimum Gasteiger partial charge on any atom is -0.325 e. The lowest BCUT2D eigenvalue weighted by molar-refractivity contribution is -0.115. The molecular formula is C17H21N3O. The Labute approximate surface area is 125 Å². The minimum atomic E-state index is -0.0526. The van der Waals surface area contributed by atoms with Crippen molar-refractivity contribution in [2.45, 2.75) is 26.3 Å². The molecule has 1 aromatic carbocycles. The summed E-state index contributed by atoms with van der Waals surface area (Å²) in [4.78, 5) is 16.0. The van der Waals surface area contributed by atoms with E-state index in [4.69, 9.17) is 0 Å². The van der Waals surface area contributed by atoms with Crippen molar-refractivity contribution in [2.75, 3.05) is 11.9 Å². The van der Waals surface area contributed by atoms with Gasteiger partial charge in [-0.2, -0.15) is 0 Å². The third-order valence-corrected chi connectivity index (χ3v) is 3.18. The van der Waals surface area contributed by atoms with E-state index in [0.717, 1.165) is 11.4 Å². The molecule has 0 fully saturated rings. The third kappa shape index (κ3) is 5.00. The Kier molecular flexibility index (Phi) is 5.46. The van der Waals surface area contributed by atoms with Crippen LogP contribution in [0.3, 0.4) is 0 Å². The van der Waals surface area contributed by atoms with Crippen LogP contribution in [0, 0.1) is 0 Å². The van der Waals surface area contributed by atoms with Crippen LogP contribution < -0.4 is 10.6 Å². The van der Waals surface area contributed by atoms with Crippen molar-refractivity contribution >= 4 is 11.6 Å². The summed E-state index contributed by atoms with van der Waals surface area (Å²) in [6.07, 6.45) is 1.74. The van der Waals surface area contributed by atoms with E-state index in [2.05, 4.69) is 29.5 Å². The SMILES string of the molecule is CC(C)c1ccc(NC(=O)CNCc2ccccn2)cc1. The molecular weight excluding hydrogens is 262 g/mol. The molecule has 4 heteroatoms. The van der Waals surface area contributed by atoms with E-state index in [1.54, 1.807) is 6.20 Å². The molecule has 4 nitrogen and oxygen atoms in total. The van der Waals surface area contributed by atoms with Gasteiger partial charge in [0.2, 0.25) is 5.91 Å². The van der Waals surface area contributed by atoms with Gasteiger partial charge in [-0.25, -0.2) is 0 Å². The highest BCUT2D eigenvalue weighted by atomic mass is 16.1. The van der Waals surface area contributed by atoms with Crippen molar-refractivity contribution in [3.8, 4) is 0 Å². The van der Waals surface area contributed by atoms with Gasteiger partial charge in [0.05, 0.1) is 12.2 Å². The lowest BCUT2D eigenvalue weighted by Gasteiger charge is -2.09. The van der Waals surface area contributed by atoms with Gasteiger partial charge >= 0.3 is 0 Å². The summed E-state index contributed by atoms with van der Waals surface area (Å²) in [6, 6.07) is 13.7. The predicted octanol–water partition coefficient (Wildman–Crippen LogP) is 2.93. The molecule has 1 aromatic heterocycles. The zero-order valence-electron chi connectivity index (χ0n) is 12.5. The number of carbonyl (C=O) groups is 1. The van der Waals surface area contributed by atoms with E-state index in [9.17, 15) is 4.79 Å². The highest BCUT2D eigenvalue weighted by molar-refractivity contribution is 5.92. The Morgan fingerprint density at radius 2 is 1.90 bits per heavy atom. The minimum absolute atomic E-state index is 0.0526. The Morgan fingerprint density at radius 1 is 1.14 bits per heavy atom. The van der Waals surface area contributed by atoms with Gasteiger partial charge in [-0.15, -0.1) is 0 Å². The molecule has 0 aliphatic carbocycles. The monoisotopic (exact) mass is 283 g/mol. The molecule has 2 aromatic rings. The van der Waals surface area contributed by atoms with Crippen LogP contribution in [-0.2, 0) is 11.3 Å². The van der Waals surface area contributed by atoms with Gasteiger partial charge in [0, 0.05) is 18.4 Å². The molecule has 0 unspecified atom stereocenters.